The highest BCUT2D eigenvalue weighted by atomic mass is 79.9. The Hall–Kier alpha value is -2.01. The molecule has 1 unspecified atom stereocenters. The smallest absolute Gasteiger partial charge is 0.287 e. The molecule has 118 valence electrons. The number of nitrogens with one attached hydrogen (secondary N) is 2. The molecule has 2 heterocycles. The maximum absolute atomic E-state index is 12.2. The summed E-state index contributed by atoms with van der Waals surface area (Å²) in [5.41, 5.74) is 5.10. The Morgan fingerprint density at radius 3 is 3.00 bits per heavy atom. The van der Waals surface area contributed by atoms with E-state index < -0.39 is 0 Å². The number of furan rings is 1. The highest BCUT2D eigenvalue weighted by Gasteiger charge is 2.24. The molecule has 2 N–H and O–H groups in total. The number of rotatable bonds is 2. The maximum atomic E-state index is 12.2. The standard InChI is InChI=1S/C18H17BrN2O2/c1-10-2-5-14-13(8-10)12-4-3-11(9-15(12)21-14)20-18(22)16-6-7-17(19)23-16/h2,5-8,11,21H,3-4,9H2,1H3,(H,20,22). The van der Waals surface area contributed by atoms with E-state index in [0.717, 1.165) is 19.3 Å². The highest BCUT2D eigenvalue weighted by Crippen LogP contribution is 2.30. The molecule has 0 bridgehead atoms. The Morgan fingerprint density at radius 1 is 1.35 bits per heavy atom. The molecule has 0 radical (unpaired) electrons. The number of carbonyl (C=O) groups is 1. The molecule has 0 saturated heterocycles. The lowest BCUT2D eigenvalue weighted by atomic mass is 9.91. The summed E-state index contributed by atoms with van der Waals surface area (Å²) in [6.07, 6.45) is 2.75. The number of aromatic amines is 1. The van der Waals surface area contributed by atoms with Gasteiger partial charge in [-0.2, -0.15) is 0 Å². The number of aryl methyl sites for hydroxylation is 2. The lowest BCUT2D eigenvalue weighted by molar-refractivity contribution is 0.0904. The predicted molar refractivity (Wildman–Crippen MR) is 92.7 cm³/mol. The van der Waals surface area contributed by atoms with Crippen molar-refractivity contribution in [3.05, 3.63) is 57.6 Å². The predicted octanol–water partition coefficient (Wildman–Crippen LogP) is 4.12. The second-order valence-electron chi connectivity index (χ2n) is 6.15. The van der Waals surface area contributed by atoms with E-state index in [-0.39, 0.29) is 11.9 Å². The van der Waals surface area contributed by atoms with Gasteiger partial charge in [0.05, 0.1) is 0 Å². The van der Waals surface area contributed by atoms with Crippen LogP contribution in [0.15, 0.2) is 39.4 Å². The SMILES string of the molecule is Cc1ccc2[nH]c3c(c2c1)CCC(NC(=O)c1ccc(Br)o1)C3. The summed E-state index contributed by atoms with van der Waals surface area (Å²) in [6, 6.07) is 10.0. The molecule has 5 heteroatoms. The second-order valence-corrected chi connectivity index (χ2v) is 6.93. The summed E-state index contributed by atoms with van der Waals surface area (Å²) in [5.74, 6) is 0.186. The van der Waals surface area contributed by atoms with Crippen LogP contribution >= 0.6 is 15.9 Å². The molecule has 23 heavy (non-hydrogen) atoms. The van der Waals surface area contributed by atoms with Crippen LogP contribution in [-0.2, 0) is 12.8 Å². The zero-order valence-corrected chi connectivity index (χ0v) is 14.4. The Labute approximate surface area is 142 Å². The number of carbonyl (C=O) groups excluding carboxylic acids is 1. The average Bonchev–Trinajstić information content (AvgIpc) is 3.10. The van der Waals surface area contributed by atoms with Crippen LogP contribution in [-0.4, -0.2) is 16.9 Å². The number of H-pyrrole nitrogens is 1. The molecule has 4 nitrogen and oxygen atoms in total. The minimum absolute atomic E-state index is 0.132. The van der Waals surface area contributed by atoms with Crippen molar-refractivity contribution in [2.45, 2.75) is 32.2 Å². The summed E-state index contributed by atoms with van der Waals surface area (Å²) in [6.45, 7) is 2.12. The van der Waals surface area contributed by atoms with Gasteiger partial charge in [0.1, 0.15) is 0 Å². The molecule has 3 aromatic rings. The van der Waals surface area contributed by atoms with Crippen molar-refractivity contribution < 1.29 is 9.21 Å². The summed E-state index contributed by atoms with van der Waals surface area (Å²) in [5, 5.41) is 4.39. The molecular formula is C18H17BrN2O2. The first-order chi connectivity index (χ1) is 11.1. The van der Waals surface area contributed by atoms with Crippen molar-refractivity contribution in [3.63, 3.8) is 0 Å². The van der Waals surface area contributed by atoms with E-state index in [4.69, 9.17) is 4.42 Å². The molecule has 0 aliphatic heterocycles. The van der Waals surface area contributed by atoms with Gasteiger partial charge >= 0.3 is 0 Å². The van der Waals surface area contributed by atoms with E-state index >= 15 is 0 Å². The van der Waals surface area contributed by atoms with Crippen molar-refractivity contribution >= 4 is 32.7 Å². The fraction of sp³-hybridized carbons (Fsp3) is 0.278. The van der Waals surface area contributed by atoms with Gasteiger partial charge < -0.3 is 14.7 Å². The first kappa shape index (κ1) is 14.6. The van der Waals surface area contributed by atoms with Crippen molar-refractivity contribution in [2.75, 3.05) is 0 Å². The summed E-state index contributed by atoms with van der Waals surface area (Å²) < 4.78 is 5.88. The Morgan fingerprint density at radius 2 is 2.22 bits per heavy atom. The van der Waals surface area contributed by atoms with Crippen LogP contribution in [0.3, 0.4) is 0 Å². The van der Waals surface area contributed by atoms with Crippen molar-refractivity contribution in [1.82, 2.24) is 10.3 Å². The fourth-order valence-electron chi connectivity index (χ4n) is 3.36. The summed E-state index contributed by atoms with van der Waals surface area (Å²) in [7, 11) is 0. The number of fused-ring (bicyclic) bond motifs is 3. The van der Waals surface area contributed by atoms with Crippen LogP contribution in [0.1, 0.15) is 33.8 Å². The molecule has 0 fully saturated rings. The van der Waals surface area contributed by atoms with Crippen molar-refractivity contribution in [1.29, 1.82) is 0 Å². The first-order valence-electron chi connectivity index (χ1n) is 7.76. The van der Waals surface area contributed by atoms with Gasteiger partial charge in [-0.3, -0.25) is 4.79 Å². The van der Waals surface area contributed by atoms with Crippen LogP contribution < -0.4 is 5.32 Å². The monoisotopic (exact) mass is 372 g/mol. The molecule has 1 aliphatic carbocycles. The van der Waals surface area contributed by atoms with E-state index in [1.165, 1.54) is 27.7 Å². The largest absolute Gasteiger partial charge is 0.444 e. The number of hydrogen-bond acceptors (Lipinski definition) is 2. The minimum atomic E-state index is -0.156. The zero-order valence-electron chi connectivity index (χ0n) is 12.8. The summed E-state index contributed by atoms with van der Waals surface area (Å²) in [4.78, 5) is 15.7. The Kier molecular flexibility index (Phi) is 3.53. The minimum Gasteiger partial charge on any atom is -0.444 e. The normalized spacial score (nSPS) is 17.2. The van der Waals surface area contributed by atoms with Gasteiger partial charge in [-0.05, 0) is 65.5 Å². The number of benzene rings is 1. The van der Waals surface area contributed by atoms with Crippen LogP contribution in [0.4, 0.5) is 0 Å². The maximum Gasteiger partial charge on any atom is 0.287 e. The number of amides is 1. The number of hydrogen-bond donors (Lipinski definition) is 2. The third kappa shape index (κ3) is 2.70. The quantitative estimate of drug-likeness (QED) is 0.710. The van der Waals surface area contributed by atoms with Crippen molar-refractivity contribution in [2.24, 2.45) is 0 Å². The highest BCUT2D eigenvalue weighted by molar-refractivity contribution is 9.10. The lowest BCUT2D eigenvalue weighted by Crippen LogP contribution is -2.38. The van der Waals surface area contributed by atoms with Crippen molar-refractivity contribution in [3.8, 4) is 0 Å². The van der Waals surface area contributed by atoms with Gasteiger partial charge in [0.25, 0.3) is 5.91 Å². The molecule has 0 spiro atoms. The third-order valence-corrected chi connectivity index (χ3v) is 4.90. The molecule has 4 rings (SSSR count). The van der Waals surface area contributed by atoms with Gasteiger partial charge in [0.15, 0.2) is 10.4 Å². The second kappa shape index (κ2) is 5.57. The van der Waals surface area contributed by atoms with Gasteiger partial charge in [0.2, 0.25) is 0 Å². The third-order valence-electron chi connectivity index (χ3n) is 4.48. The molecule has 1 aromatic carbocycles. The van der Waals surface area contributed by atoms with Crippen LogP contribution in [0, 0.1) is 6.92 Å². The zero-order chi connectivity index (χ0) is 16.0. The number of halogens is 1. The van der Waals surface area contributed by atoms with Crippen LogP contribution in [0.25, 0.3) is 10.9 Å². The molecule has 1 aliphatic rings. The first-order valence-corrected chi connectivity index (χ1v) is 8.56. The Balaban J connectivity index is 1.54. The Bertz CT molecular complexity index is 894. The molecule has 1 amide bonds. The fourth-order valence-corrected chi connectivity index (χ4v) is 3.67. The van der Waals surface area contributed by atoms with E-state index in [0.29, 0.717) is 10.4 Å². The van der Waals surface area contributed by atoms with E-state index in [2.05, 4.69) is 51.4 Å². The average molecular weight is 373 g/mol. The van der Waals surface area contributed by atoms with E-state index in [9.17, 15) is 4.79 Å². The van der Waals surface area contributed by atoms with Gasteiger partial charge in [-0.1, -0.05) is 11.6 Å². The molecule has 0 saturated carbocycles. The van der Waals surface area contributed by atoms with Gasteiger partial charge in [-0.25, -0.2) is 0 Å². The topological polar surface area (TPSA) is 58.0 Å². The van der Waals surface area contributed by atoms with E-state index in [1.807, 2.05) is 0 Å². The summed E-state index contributed by atoms with van der Waals surface area (Å²) >= 11 is 3.22. The number of aromatic nitrogens is 1. The molecule has 2 aromatic heterocycles. The van der Waals surface area contributed by atoms with E-state index in [1.54, 1.807) is 12.1 Å². The molecular weight excluding hydrogens is 356 g/mol. The lowest BCUT2D eigenvalue weighted by Gasteiger charge is -2.23. The van der Waals surface area contributed by atoms with Crippen LogP contribution in [0.2, 0.25) is 0 Å². The molecule has 1 atom stereocenters. The van der Waals surface area contributed by atoms with Crippen LogP contribution in [0.5, 0.6) is 0 Å². The van der Waals surface area contributed by atoms with Gasteiger partial charge in [0, 0.05) is 29.1 Å². The van der Waals surface area contributed by atoms with Gasteiger partial charge in [-0.15, -0.1) is 0 Å².